The molecule has 5 atom stereocenters. The van der Waals surface area contributed by atoms with Crippen molar-refractivity contribution in [2.45, 2.75) is 103 Å². The molecule has 0 spiro atoms. The highest BCUT2D eigenvalue weighted by Crippen LogP contribution is 2.42. The third-order valence-corrected chi connectivity index (χ3v) is 5.49. The zero-order chi connectivity index (χ0) is 19.1. The maximum Gasteiger partial charge on any atom is 0.297 e. The zero-order valence-electron chi connectivity index (χ0n) is 16.8. The molecule has 0 saturated carbocycles. The Morgan fingerprint density at radius 1 is 1.00 bits per heavy atom. The van der Waals surface area contributed by atoms with Crippen LogP contribution in [0, 0.1) is 11.1 Å². The van der Waals surface area contributed by atoms with Crippen LogP contribution in [0.25, 0.3) is 0 Å². The molecule has 0 N–H and O–H groups in total. The maximum atomic E-state index is 12.8. The van der Waals surface area contributed by atoms with E-state index in [4.69, 9.17) is 23.7 Å². The number of fused-ring (bicyclic) bond motifs is 1. The molecule has 150 valence electrons. The van der Waals surface area contributed by atoms with E-state index in [0.717, 1.165) is 24.0 Å². The first-order valence-corrected chi connectivity index (χ1v) is 9.77. The Bertz CT molecular complexity index is 530. The number of rotatable bonds is 6. The first-order valence-electron chi connectivity index (χ1n) is 9.77. The second-order valence-corrected chi connectivity index (χ2v) is 8.38. The van der Waals surface area contributed by atoms with Crippen LogP contribution in [0.2, 0.25) is 0 Å². The average Bonchev–Trinajstić information content (AvgIpc) is 3.17. The van der Waals surface area contributed by atoms with Crippen molar-refractivity contribution >= 4 is 6.21 Å². The molecule has 0 radical (unpaired) electrons. The SMILES string of the molecule is CCC(CC)C/C=[N+](\[O-])[C@H]1O[C@H]([C@H]2COC(C)(C)O2)[C@@H]2OC(C)(C)O[C@@H]21. The van der Waals surface area contributed by atoms with Gasteiger partial charge in [0, 0.05) is 6.42 Å². The minimum atomic E-state index is -0.749. The molecule has 3 aliphatic rings. The monoisotopic (exact) mass is 371 g/mol. The molecule has 3 fully saturated rings. The quantitative estimate of drug-likeness (QED) is 0.309. The average molecular weight is 371 g/mol. The minimum absolute atomic E-state index is 0.285. The van der Waals surface area contributed by atoms with E-state index >= 15 is 0 Å². The summed E-state index contributed by atoms with van der Waals surface area (Å²) in [4.78, 5) is 0. The molecule has 3 aliphatic heterocycles. The van der Waals surface area contributed by atoms with Gasteiger partial charge in [0.15, 0.2) is 23.9 Å². The lowest BCUT2D eigenvalue weighted by Gasteiger charge is -2.26. The van der Waals surface area contributed by atoms with Crippen LogP contribution in [0.3, 0.4) is 0 Å². The number of hydrogen-bond acceptors (Lipinski definition) is 6. The molecule has 0 amide bonds. The lowest BCUT2D eigenvalue weighted by atomic mass is 10.0. The van der Waals surface area contributed by atoms with Gasteiger partial charge in [-0.1, -0.05) is 26.7 Å². The Morgan fingerprint density at radius 3 is 2.23 bits per heavy atom. The number of hydroxylamine groups is 1. The zero-order valence-corrected chi connectivity index (χ0v) is 16.8. The van der Waals surface area contributed by atoms with E-state index in [-0.39, 0.29) is 12.2 Å². The highest BCUT2D eigenvalue weighted by atomic mass is 16.8. The summed E-state index contributed by atoms with van der Waals surface area (Å²) >= 11 is 0. The first kappa shape index (κ1) is 20.0. The second kappa shape index (κ2) is 7.36. The van der Waals surface area contributed by atoms with E-state index in [1.165, 1.54) is 0 Å². The van der Waals surface area contributed by atoms with Crippen LogP contribution >= 0.6 is 0 Å². The van der Waals surface area contributed by atoms with Crippen molar-refractivity contribution in [3.63, 3.8) is 0 Å². The molecule has 0 unspecified atom stereocenters. The Morgan fingerprint density at radius 2 is 1.65 bits per heavy atom. The molecule has 0 bridgehead atoms. The van der Waals surface area contributed by atoms with Gasteiger partial charge in [-0.25, -0.2) is 0 Å². The van der Waals surface area contributed by atoms with Gasteiger partial charge < -0.3 is 28.9 Å². The Balaban J connectivity index is 1.75. The lowest BCUT2D eigenvalue weighted by Crippen LogP contribution is -2.40. The fraction of sp³-hybridized carbons (Fsp3) is 0.947. The summed E-state index contributed by atoms with van der Waals surface area (Å²) in [5, 5.41) is 12.8. The highest BCUT2D eigenvalue weighted by Gasteiger charge is 2.62. The summed E-state index contributed by atoms with van der Waals surface area (Å²) in [6, 6.07) is 0. The first-order chi connectivity index (χ1) is 12.2. The molecule has 0 aliphatic carbocycles. The number of hydrogen-bond donors (Lipinski definition) is 0. The second-order valence-electron chi connectivity index (χ2n) is 8.38. The predicted octanol–water partition coefficient (Wildman–Crippen LogP) is 2.79. The maximum absolute atomic E-state index is 12.8. The molecule has 0 aromatic rings. The summed E-state index contributed by atoms with van der Waals surface area (Å²) < 4.78 is 30.7. The Kier molecular flexibility index (Phi) is 5.66. The van der Waals surface area contributed by atoms with E-state index in [2.05, 4.69) is 13.8 Å². The highest BCUT2D eigenvalue weighted by molar-refractivity contribution is 5.51. The van der Waals surface area contributed by atoms with Crippen LogP contribution in [-0.2, 0) is 23.7 Å². The van der Waals surface area contributed by atoms with Gasteiger partial charge in [-0.3, -0.25) is 0 Å². The van der Waals surface area contributed by atoms with E-state index in [9.17, 15) is 5.21 Å². The van der Waals surface area contributed by atoms with Crippen molar-refractivity contribution in [3.8, 4) is 0 Å². The smallest absolute Gasteiger partial charge is 0.297 e. The summed E-state index contributed by atoms with van der Waals surface area (Å²) in [6.07, 6.45) is 2.32. The molecular weight excluding hydrogens is 338 g/mol. The van der Waals surface area contributed by atoms with Crippen molar-refractivity contribution in [3.05, 3.63) is 5.21 Å². The van der Waals surface area contributed by atoms with Gasteiger partial charge in [0.1, 0.15) is 18.3 Å². The van der Waals surface area contributed by atoms with Crippen LogP contribution in [0.5, 0.6) is 0 Å². The summed E-state index contributed by atoms with van der Waals surface area (Å²) in [5.74, 6) is -0.903. The molecular formula is C19H33NO6. The largest absolute Gasteiger partial charge is 0.622 e. The molecule has 7 heteroatoms. The van der Waals surface area contributed by atoms with E-state index in [0.29, 0.717) is 12.5 Å². The lowest BCUT2D eigenvalue weighted by molar-refractivity contribution is -0.563. The fourth-order valence-electron chi connectivity index (χ4n) is 3.97. The van der Waals surface area contributed by atoms with E-state index in [1.54, 1.807) is 6.21 Å². The molecule has 0 aromatic heterocycles. The molecule has 7 nitrogen and oxygen atoms in total. The number of ether oxygens (including phenoxy) is 5. The van der Waals surface area contributed by atoms with Gasteiger partial charge in [-0.15, -0.1) is 0 Å². The van der Waals surface area contributed by atoms with Crippen LogP contribution in [0.1, 0.15) is 60.8 Å². The molecule has 26 heavy (non-hydrogen) atoms. The van der Waals surface area contributed by atoms with Crippen LogP contribution in [0.15, 0.2) is 0 Å². The van der Waals surface area contributed by atoms with Crippen molar-refractivity contribution in [1.29, 1.82) is 0 Å². The van der Waals surface area contributed by atoms with Crippen molar-refractivity contribution in [2.24, 2.45) is 5.92 Å². The summed E-state index contributed by atoms with van der Waals surface area (Å²) in [6.45, 7) is 12.2. The van der Waals surface area contributed by atoms with Crippen molar-refractivity contribution in [2.75, 3.05) is 6.61 Å². The molecule has 3 saturated heterocycles. The number of nitrogens with zero attached hydrogens (tertiary/aromatic N) is 1. The molecule has 3 heterocycles. The fourth-order valence-corrected chi connectivity index (χ4v) is 3.97. The van der Waals surface area contributed by atoms with Crippen LogP contribution < -0.4 is 0 Å². The third-order valence-electron chi connectivity index (χ3n) is 5.49. The van der Waals surface area contributed by atoms with E-state index < -0.39 is 30.0 Å². The van der Waals surface area contributed by atoms with Gasteiger partial charge >= 0.3 is 0 Å². The topological polar surface area (TPSA) is 72.2 Å². The summed E-state index contributed by atoms with van der Waals surface area (Å²) in [5.41, 5.74) is 0. The predicted molar refractivity (Wildman–Crippen MR) is 95.8 cm³/mol. The molecule has 3 rings (SSSR count). The van der Waals surface area contributed by atoms with Gasteiger partial charge in [0.05, 0.1) is 6.61 Å². The minimum Gasteiger partial charge on any atom is -0.622 e. The van der Waals surface area contributed by atoms with Gasteiger partial charge in [0.25, 0.3) is 6.23 Å². The third kappa shape index (κ3) is 4.07. The van der Waals surface area contributed by atoms with Crippen LogP contribution in [0.4, 0.5) is 0 Å². The standard InChI is InChI=1S/C19H33NO6/c1-7-12(8-2)9-10-20(21)17-16-15(25-19(5,6)26-16)14(23-17)13-11-22-18(3,4)24-13/h10,12-17H,7-9,11H2,1-6H3/b20-10-/t13-,14-,15+,16+,17+/m1/s1. The van der Waals surface area contributed by atoms with Crippen molar-refractivity contribution < 1.29 is 28.4 Å². The Labute approximate surface area is 156 Å². The normalized spacial score (nSPS) is 38.9. The van der Waals surface area contributed by atoms with Gasteiger partial charge in [-0.05, 0) is 33.6 Å². The summed E-state index contributed by atoms with van der Waals surface area (Å²) in [7, 11) is 0. The van der Waals surface area contributed by atoms with Gasteiger partial charge in [-0.2, -0.15) is 4.74 Å². The van der Waals surface area contributed by atoms with Crippen molar-refractivity contribution in [1.82, 2.24) is 0 Å². The van der Waals surface area contributed by atoms with E-state index in [1.807, 2.05) is 27.7 Å². The Hall–Kier alpha value is -0.730. The van der Waals surface area contributed by atoms with Crippen LogP contribution in [-0.4, -0.2) is 59.8 Å². The molecule has 0 aromatic carbocycles. The van der Waals surface area contributed by atoms with Gasteiger partial charge in [0.2, 0.25) is 0 Å².